The first kappa shape index (κ1) is 8.62. The van der Waals surface area contributed by atoms with Gasteiger partial charge in [0, 0.05) is 0 Å². The largest absolute Gasteiger partial charge is 0.393 e. The maximum atomic E-state index is 9.04. The van der Waals surface area contributed by atoms with Crippen molar-refractivity contribution in [1.82, 2.24) is 0 Å². The average molecular weight is 132 g/mol. The van der Waals surface area contributed by atoms with Gasteiger partial charge in [0.15, 0.2) is 0 Å². The molecule has 0 radical (unpaired) electrons. The van der Waals surface area contributed by atoms with Crippen LogP contribution in [0.1, 0.15) is 6.92 Å². The topological polar surface area (TPSA) is 60.7 Å². The minimum absolute atomic E-state index is 0.451. The Bertz CT molecular complexity index is 94.5. The molecule has 0 bridgehead atoms. The van der Waals surface area contributed by atoms with Crippen LogP contribution in [-0.4, -0.2) is 34.1 Å². The van der Waals surface area contributed by atoms with Crippen molar-refractivity contribution in [3.63, 3.8) is 0 Å². The molecule has 0 aliphatic rings. The summed E-state index contributed by atoms with van der Waals surface area (Å²) >= 11 is 0. The Labute approximate surface area is 54.3 Å². The predicted molar refractivity (Wildman–Crippen MR) is 33.9 cm³/mol. The van der Waals surface area contributed by atoms with Crippen LogP contribution in [0.4, 0.5) is 0 Å². The highest BCUT2D eigenvalue weighted by molar-refractivity contribution is 4.98. The van der Waals surface area contributed by atoms with Crippen molar-refractivity contribution in [2.24, 2.45) is 0 Å². The second-order valence-corrected chi connectivity index (χ2v) is 1.92. The van der Waals surface area contributed by atoms with Crippen LogP contribution in [0.5, 0.6) is 0 Å². The van der Waals surface area contributed by atoms with E-state index < -0.39 is 18.8 Å². The Hall–Kier alpha value is -0.380. The van der Waals surface area contributed by atoms with Crippen LogP contribution in [0.25, 0.3) is 0 Å². The standard InChI is InChI=1S/C6H12O3/c1-2-3-6(9,4-7)5-8/h2-3,7-9H,4-5H2,1H3/b3-2-. The van der Waals surface area contributed by atoms with Gasteiger partial charge in [-0.15, -0.1) is 0 Å². The molecule has 3 nitrogen and oxygen atoms in total. The van der Waals surface area contributed by atoms with Gasteiger partial charge in [0.05, 0.1) is 13.2 Å². The van der Waals surface area contributed by atoms with E-state index in [0.29, 0.717) is 0 Å². The lowest BCUT2D eigenvalue weighted by molar-refractivity contribution is -0.0171. The van der Waals surface area contributed by atoms with Crippen LogP contribution in [0.2, 0.25) is 0 Å². The molecular weight excluding hydrogens is 120 g/mol. The van der Waals surface area contributed by atoms with Crippen LogP contribution >= 0.6 is 0 Å². The summed E-state index contributed by atoms with van der Waals surface area (Å²) in [5, 5.41) is 26.0. The molecule has 0 saturated heterocycles. The van der Waals surface area contributed by atoms with E-state index in [4.69, 9.17) is 15.3 Å². The van der Waals surface area contributed by atoms with Gasteiger partial charge in [-0.2, -0.15) is 0 Å². The van der Waals surface area contributed by atoms with E-state index in [1.165, 1.54) is 6.08 Å². The van der Waals surface area contributed by atoms with E-state index in [9.17, 15) is 0 Å². The Kier molecular flexibility index (Phi) is 3.46. The SMILES string of the molecule is C/C=C\C(O)(CO)CO. The predicted octanol–water partition coefficient (Wildman–Crippen LogP) is -0.722. The monoisotopic (exact) mass is 132 g/mol. The van der Waals surface area contributed by atoms with E-state index in [2.05, 4.69) is 0 Å². The molecule has 0 aliphatic carbocycles. The molecule has 0 atom stereocenters. The lowest BCUT2D eigenvalue weighted by Gasteiger charge is -2.17. The third-order valence-electron chi connectivity index (χ3n) is 1.02. The van der Waals surface area contributed by atoms with Crippen LogP contribution < -0.4 is 0 Å². The second-order valence-electron chi connectivity index (χ2n) is 1.92. The first-order valence-corrected chi connectivity index (χ1v) is 2.76. The number of hydrogen-bond donors (Lipinski definition) is 3. The maximum absolute atomic E-state index is 9.04. The van der Waals surface area contributed by atoms with E-state index in [1.54, 1.807) is 13.0 Å². The highest BCUT2D eigenvalue weighted by atomic mass is 16.4. The Morgan fingerprint density at radius 1 is 1.33 bits per heavy atom. The van der Waals surface area contributed by atoms with Crippen molar-refractivity contribution < 1.29 is 15.3 Å². The summed E-state index contributed by atoms with van der Waals surface area (Å²) in [7, 11) is 0. The van der Waals surface area contributed by atoms with Crippen LogP contribution in [0, 0.1) is 0 Å². The molecular formula is C6H12O3. The van der Waals surface area contributed by atoms with E-state index >= 15 is 0 Å². The second kappa shape index (κ2) is 3.61. The summed E-state index contributed by atoms with van der Waals surface area (Å²) in [6.45, 7) is 0.804. The first-order valence-electron chi connectivity index (χ1n) is 2.76. The molecule has 0 fully saturated rings. The van der Waals surface area contributed by atoms with Gasteiger partial charge in [-0.1, -0.05) is 12.2 Å². The first-order chi connectivity index (χ1) is 4.18. The molecule has 0 unspecified atom stereocenters. The molecule has 0 amide bonds. The van der Waals surface area contributed by atoms with E-state index in [0.717, 1.165) is 0 Å². The van der Waals surface area contributed by atoms with Crippen LogP contribution in [0.15, 0.2) is 12.2 Å². The van der Waals surface area contributed by atoms with E-state index in [1.807, 2.05) is 0 Å². The van der Waals surface area contributed by atoms with Gasteiger partial charge in [-0.3, -0.25) is 0 Å². The normalized spacial score (nSPS) is 12.9. The van der Waals surface area contributed by atoms with Gasteiger partial charge in [0.1, 0.15) is 5.60 Å². The van der Waals surface area contributed by atoms with Gasteiger partial charge >= 0.3 is 0 Å². The zero-order valence-corrected chi connectivity index (χ0v) is 5.41. The van der Waals surface area contributed by atoms with Gasteiger partial charge in [0.2, 0.25) is 0 Å². The smallest absolute Gasteiger partial charge is 0.129 e. The maximum Gasteiger partial charge on any atom is 0.129 e. The molecule has 0 aliphatic heterocycles. The minimum atomic E-state index is -1.44. The molecule has 3 N–H and O–H groups in total. The number of aliphatic hydroxyl groups is 3. The third-order valence-corrected chi connectivity index (χ3v) is 1.02. The van der Waals surface area contributed by atoms with Crippen LogP contribution in [0.3, 0.4) is 0 Å². The van der Waals surface area contributed by atoms with Crippen molar-refractivity contribution in [3.8, 4) is 0 Å². The van der Waals surface area contributed by atoms with Crippen molar-refractivity contribution in [1.29, 1.82) is 0 Å². The molecule has 0 aromatic carbocycles. The number of rotatable bonds is 3. The molecule has 3 heteroatoms. The van der Waals surface area contributed by atoms with Crippen molar-refractivity contribution >= 4 is 0 Å². The van der Waals surface area contributed by atoms with E-state index in [-0.39, 0.29) is 0 Å². The third kappa shape index (κ3) is 2.60. The minimum Gasteiger partial charge on any atom is -0.393 e. The number of aliphatic hydroxyl groups excluding tert-OH is 2. The molecule has 0 saturated carbocycles. The lowest BCUT2D eigenvalue weighted by Crippen LogP contribution is -2.34. The lowest BCUT2D eigenvalue weighted by atomic mass is 10.1. The summed E-state index contributed by atoms with van der Waals surface area (Å²) in [5.41, 5.74) is -1.44. The molecule has 54 valence electrons. The number of hydrogen-bond acceptors (Lipinski definition) is 3. The zero-order chi connectivity index (χ0) is 7.33. The van der Waals surface area contributed by atoms with Crippen LogP contribution in [-0.2, 0) is 0 Å². The molecule has 9 heavy (non-hydrogen) atoms. The quantitative estimate of drug-likeness (QED) is 0.444. The summed E-state index contributed by atoms with van der Waals surface area (Å²) in [4.78, 5) is 0. The number of allylic oxidation sites excluding steroid dienone is 1. The summed E-state index contributed by atoms with van der Waals surface area (Å²) in [6.07, 6.45) is 2.93. The molecule has 0 spiro atoms. The van der Waals surface area contributed by atoms with Gasteiger partial charge in [-0.05, 0) is 6.92 Å². The van der Waals surface area contributed by atoms with Gasteiger partial charge in [-0.25, -0.2) is 0 Å². The fourth-order valence-corrected chi connectivity index (χ4v) is 0.466. The van der Waals surface area contributed by atoms with Crippen molar-refractivity contribution in [3.05, 3.63) is 12.2 Å². The fraction of sp³-hybridized carbons (Fsp3) is 0.667. The van der Waals surface area contributed by atoms with Gasteiger partial charge < -0.3 is 15.3 Å². The Morgan fingerprint density at radius 3 is 1.89 bits per heavy atom. The molecule has 0 rings (SSSR count). The molecule has 0 aromatic heterocycles. The summed E-state index contributed by atoms with van der Waals surface area (Å²) in [6, 6.07) is 0. The molecule has 0 heterocycles. The van der Waals surface area contributed by atoms with Crippen molar-refractivity contribution in [2.45, 2.75) is 12.5 Å². The van der Waals surface area contributed by atoms with Crippen molar-refractivity contribution in [2.75, 3.05) is 13.2 Å². The highest BCUT2D eigenvalue weighted by Gasteiger charge is 2.19. The van der Waals surface area contributed by atoms with Gasteiger partial charge in [0.25, 0.3) is 0 Å². The highest BCUT2D eigenvalue weighted by Crippen LogP contribution is 2.02. The summed E-state index contributed by atoms with van der Waals surface area (Å²) < 4.78 is 0. The fourth-order valence-electron chi connectivity index (χ4n) is 0.466. The average Bonchev–Trinajstić information content (AvgIpc) is 1.89. The zero-order valence-electron chi connectivity index (χ0n) is 5.41. The Morgan fingerprint density at radius 2 is 1.78 bits per heavy atom. The summed E-state index contributed by atoms with van der Waals surface area (Å²) in [5.74, 6) is 0. The Balaban J connectivity index is 3.92. The molecule has 0 aromatic rings.